The van der Waals surface area contributed by atoms with Gasteiger partial charge < -0.3 is 9.64 Å². The van der Waals surface area contributed by atoms with Crippen LogP contribution in [0.2, 0.25) is 0 Å². The number of allylic oxidation sites excluding steroid dienone is 1. The van der Waals surface area contributed by atoms with Gasteiger partial charge in [-0.05, 0) is 49.0 Å². The van der Waals surface area contributed by atoms with Crippen molar-refractivity contribution in [2.75, 3.05) is 26.7 Å². The Morgan fingerprint density at radius 1 is 1.02 bits per heavy atom. The fraction of sp³-hybridized carbons (Fsp3) is 0.515. The van der Waals surface area contributed by atoms with Crippen LogP contribution < -0.4 is 4.74 Å². The number of hydrogen-bond acceptors (Lipinski definition) is 9. The highest BCUT2D eigenvalue weighted by Gasteiger charge is 2.41. The van der Waals surface area contributed by atoms with Crippen molar-refractivity contribution in [1.29, 1.82) is 0 Å². The molecule has 10 nitrogen and oxygen atoms in total. The van der Waals surface area contributed by atoms with Crippen molar-refractivity contribution < 1.29 is 13.9 Å². The molecular formula is C33H38ClFN8O2. The Morgan fingerprint density at radius 2 is 1.76 bits per heavy atom. The first-order valence-corrected chi connectivity index (χ1v) is 15.9. The van der Waals surface area contributed by atoms with Gasteiger partial charge in [-0.15, -0.1) is 0 Å². The fourth-order valence-corrected chi connectivity index (χ4v) is 6.60. The number of alkyl halides is 1. The Morgan fingerprint density at radius 3 is 2.33 bits per heavy atom. The van der Waals surface area contributed by atoms with Gasteiger partial charge in [0.2, 0.25) is 5.91 Å². The zero-order valence-corrected chi connectivity index (χ0v) is 26.8. The average Bonchev–Trinajstić information content (AvgIpc) is 3.46. The number of carbonyl (C=O) groups is 1. The monoisotopic (exact) mass is 632 g/mol. The number of amides is 1. The molecule has 1 saturated carbocycles. The van der Waals surface area contributed by atoms with Crippen LogP contribution in [0, 0.1) is 11.8 Å². The van der Waals surface area contributed by atoms with E-state index >= 15 is 0 Å². The van der Waals surface area contributed by atoms with E-state index in [2.05, 4.69) is 45.7 Å². The van der Waals surface area contributed by atoms with Crippen LogP contribution >= 0.6 is 11.6 Å². The van der Waals surface area contributed by atoms with Gasteiger partial charge in [-0.1, -0.05) is 32.4 Å². The molecule has 2 fully saturated rings. The van der Waals surface area contributed by atoms with E-state index in [-0.39, 0.29) is 36.3 Å². The summed E-state index contributed by atoms with van der Waals surface area (Å²) in [6.45, 7) is 7.25. The van der Waals surface area contributed by atoms with Crippen LogP contribution in [0.4, 0.5) is 4.39 Å². The summed E-state index contributed by atoms with van der Waals surface area (Å²) >= 11 is 6.49. The maximum atomic E-state index is 13.8. The lowest BCUT2D eigenvalue weighted by Crippen LogP contribution is -2.54. The Bertz CT molecular complexity index is 1590. The molecule has 12 heteroatoms. The van der Waals surface area contributed by atoms with Gasteiger partial charge in [0.25, 0.3) is 0 Å². The minimum atomic E-state index is -0.969. The van der Waals surface area contributed by atoms with E-state index in [4.69, 9.17) is 26.3 Å². The second kappa shape index (κ2) is 12.9. The minimum Gasteiger partial charge on any atom is -0.467 e. The number of hydrogen-bond donors (Lipinski definition) is 0. The number of ether oxygens (including phenoxy) is 1. The van der Waals surface area contributed by atoms with Crippen molar-refractivity contribution in [2.24, 2.45) is 16.8 Å². The third kappa shape index (κ3) is 6.73. The molecule has 3 aliphatic rings. The summed E-state index contributed by atoms with van der Waals surface area (Å²) in [4.78, 5) is 47.2. The lowest BCUT2D eigenvalue weighted by Gasteiger charge is -2.40. The molecule has 1 aliphatic carbocycles. The summed E-state index contributed by atoms with van der Waals surface area (Å²) in [5.41, 5.74) is 4.33. The fourth-order valence-electron chi connectivity index (χ4n) is 6.38. The third-order valence-corrected chi connectivity index (χ3v) is 9.30. The molecule has 0 spiro atoms. The molecular weight excluding hydrogens is 595 g/mol. The lowest BCUT2D eigenvalue weighted by molar-refractivity contribution is -0.141. The molecule has 6 rings (SSSR count). The molecule has 0 radical (unpaired) electrons. The van der Waals surface area contributed by atoms with Crippen LogP contribution in [0.1, 0.15) is 75.1 Å². The highest BCUT2D eigenvalue weighted by atomic mass is 35.5. The molecule has 3 aromatic heterocycles. The topological polar surface area (TPSA) is 119 Å². The van der Waals surface area contributed by atoms with E-state index in [0.717, 1.165) is 54.9 Å². The molecule has 0 N–H and O–H groups in total. The van der Waals surface area contributed by atoms with Gasteiger partial charge in [-0.25, -0.2) is 24.3 Å². The largest absolute Gasteiger partial charge is 0.467 e. The van der Waals surface area contributed by atoms with Crippen molar-refractivity contribution >= 4 is 23.2 Å². The van der Waals surface area contributed by atoms with Gasteiger partial charge in [0.1, 0.15) is 17.7 Å². The van der Waals surface area contributed by atoms with E-state index in [1.54, 1.807) is 29.7 Å². The number of aromatic nitrogens is 6. The number of methoxy groups -OCH3 is 1. The predicted octanol–water partition coefficient (Wildman–Crippen LogP) is 5.27. The minimum absolute atomic E-state index is 0.0739. The summed E-state index contributed by atoms with van der Waals surface area (Å²) in [5, 5.41) is 0.635. The Hall–Kier alpha value is -3.86. The summed E-state index contributed by atoms with van der Waals surface area (Å²) in [7, 11) is 1.51. The normalized spacial score (nSPS) is 21.2. The van der Waals surface area contributed by atoms with E-state index in [1.165, 1.54) is 7.11 Å². The van der Waals surface area contributed by atoms with E-state index in [1.807, 2.05) is 12.3 Å². The Balaban J connectivity index is 1.17. The SMILES string of the molecule is COc1ncc(-c2cnc(C(C(=O)N3CC(F)C3)C3CCC(Cc4ncc(C(C)(C)C)c(C5=NCC=C5Cl)n4)CC3)cn2)cn1. The van der Waals surface area contributed by atoms with Gasteiger partial charge in [0.05, 0.1) is 61.0 Å². The van der Waals surface area contributed by atoms with E-state index < -0.39 is 12.1 Å². The second-order valence-corrected chi connectivity index (χ2v) is 13.5. The lowest BCUT2D eigenvalue weighted by atomic mass is 9.73. The number of rotatable bonds is 8. The molecule has 1 amide bonds. The molecule has 236 valence electrons. The molecule has 45 heavy (non-hydrogen) atoms. The summed E-state index contributed by atoms with van der Waals surface area (Å²) in [6.07, 6.45) is 13.7. The number of nitrogens with zero attached hydrogens (tertiary/aromatic N) is 8. The van der Waals surface area contributed by atoms with Gasteiger partial charge >= 0.3 is 6.01 Å². The standard InChI is InChI=1S/C33H38ClFN8O2/c1-33(2,3)23-14-39-27(42-29(23)30-24(34)9-10-36-30)11-19-5-7-20(8-6-19)28(31(44)43-17-22(35)18-43)26-16-37-25(15-38-26)21-12-40-32(45-4)41-13-21/h9,12-16,19-20,22,28H,5-8,10-11,17-18H2,1-4H3. The maximum Gasteiger partial charge on any atom is 0.316 e. The summed E-state index contributed by atoms with van der Waals surface area (Å²) in [5.74, 6) is 0.690. The first-order chi connectivity index (χ1) is 21.6. The van der Waals surface area contributed by atoms with Crippen molar-refractivity contribution in [1.82, 2.24) is 34.8 Å². The molecule has 0 aromatic carbocycles. The van der Waals surface area contributed by atoms with E-state index in [0.29, 0.717) is 34.4 Å². The van der Waals surface area contributed by atoms with Crippen LogP contribution in [0.25, 0.3) is 11.3 Å². The highest BCUT2D eigenvalue weighted by Crippen LogP contribution is 2.40. The number of halogens is 2. The molecule has 2 aliphatic heterocycles. The van der Waals surface area contributed by atoms with Crippen molar-refractivity contribution in [3.05, 3.63) is 64.9 Å². The van der Waals surface area contributed by atoms with Crippen molar-refractivity contribution in [2.45, 2.75) is 70.4 Å². The van der Waals surface area contributed by atoms with Crippen LogP contribution in [0.15, 0.2) is 47.1 Å². The van der Waals surface area contributed by atoms with Gasteiger partial charge in [-0.3, -0.25) is 19.8 Å². The average molecular weight is 633 g/mol. The number of aliphatic imine (C=N–C) groups is 1. The zero-order valence-electron chi connectivity index (χ0n) is 26.1. The summed E-state index contributed by atoms with van der Waals surface area (Å²) < 4.78 is 18.8. The molecule has 1 unspecified atom stereocenters. The third-order valence-electron chi connectivity index (χ3n) is 8.96. The van der Waals surface area contributed by atoms with Crippen molar-refractivity contribution in [3.8, 4) is 17.3 Å². The molecule has 1 atom stereocenters. The van der Waals surface area contributed by atoms with E-state index in [9.17, 15) is 9.18 Å². The zero-order chi connectivity index (χ0) is 31.7. The number of likely N-dealkylation sites (tertiary alicyclic amines) is 1. The molecule has 1 saturated heterocycles. The highest BCUT2D eigenvalue weighted by molar-refractivity contribution is 6.46. The second-order valence-electron chi connectivity index (χ2n) is 13.1. The van der Waals surface area contributed by atoms with Crippen LogP contribution in [-0.2, 0) is 16.6 Å². The smallest absolute Gasteiger partial charge is 0.316 e. The van der Waals surface area contributed by atoms with Crippen molar-refractivity contribution in [3.63, 3.8) is 0 Å². The van der Waals surface area contributed by atoms with Gasteiger partial charge in [-0.2, -0.15) is 0 Å². The number of carbonyl (C=O) groups excluding carboxylic acids is 1. The molecule has 3 aromatic rings. The summed E-state index contributed by atoms with van der Waals surface area (Å²) in [6, 6.07) is 0.268. The Labute approximate surface area is 267 Å². The van der Waals surface area contributed by atoms with Crippen LogP contribution in [0.3, 0.4) is 0 Å². The first kappa shape index (κ1) is 31.1. The molecule has 0 bridgehead atoms. The predicted molar refractivity (Wildman–Crippen MR) is 169 cm³/mol. The van der Waals surface area contributed by atoms with Gasteiger partial charge in [0, 0.05) is 42.3 Å². The van der Waals surface area contributed by atoms with Crippen LogP contribution in [-0.4, -0.2) is 79.3 Å². The first-order valence-electron chi connectivity index (χ1n) is 15.5. The van der Waals surface area contributed by atoms with Gasteiger partial charge in [0.15, 0.2) is 0 Å². The quantitative estimate of drug-likeness (QED) is 0.330. The van der Waals surface area contributed by atoms with Crippen LogP contribution in [0.5, 0.6) is 6.01 Å². The molecule has 5 heterocycles. The Kier molecular flexibility index (Phi) is 8.90. The maximum absolute atomic E-state index is 13.8.